The monoisotopic (exact) mass is 268 g/mol. The molecule has 0 N–H and O–H groups in total. The number of Topliss-reactive ketones (excluding diaryl/α,β-unsaturated/α-hetero) is 1. The summed E-state index contributed by atoms with van der Waals surface area (Å²) in [5.74, 6) is -1.62. The van der Waals surface area contributed by atoms with Crippen molar-refractivity contribution in [1.82, 2.24) is 9.80 Å². The molecular weight excluding hydrogens is 250 g/mol. The maximum atomic E-state index is 13.0. The Bertz CT molecular complexity index is 437. The molecule has 0 atom stereocenters. The maximum absolute atomic E-state index is 13.0. The van der Waals surface area contributed by atoms with E-state index >= 15 is 0 Å². The lowest BCUT2D eigenvalue weighted by atomic mass is 10.1. The Kier molecular flexibility index (Phi) is 4.61. The number of benzene rings is 1. The summed E-state index contributed by atoms with van der Waals surface area (Å²) in [5, 5.41) is 0. The lowest BCUT2D eigenvalue weighted by Crippen LogP contribution is -2.45. The second-order valence-electron chi connectivity index (χ2n) is 4.98. The lowest BCUT2D eigenvalue weighted by molar-refractivity contribution is 0.0941. The van der Waals surface area contributed by atoms with Crippen molar-refractivity contribution in [2.45, 2.75) is 6.42 Å². The van der Waals surface area contributed by atoms with Gasteiger partial charge in [0.1, 0.15) is 11.6 Å². The fourth-order valence-electron chi connectivity index (χ4n) is 2.19. The minimum absolute atomic E-state index is 0.117. The average molecular weight is 268 g/mol. The van der Waals surface area contributed by atoms with Crippen molar-refractivity contribution >= 4 is 5.78 Å². The van der Waals surface area contributed by atoms with Crippen LogP contribution in [0.15, 0.2) is 18.2 Å². The molecule has 0 aromatic heterocycles. The van der Waals surface area contributed by atoms with Gasteiger partial charge < -0.3 is 9.80 Å². The Morgan fingerprint density at radius 1 is 1.11 bits per heavy atom. The Hall–Kier alpha value is -1.33. The summed E-state index contributed by atoms with van der Waals surface area (Å²) in [6.07, 6.45) is 0.298. The molecule has 1 aromatic rings. The molecule has 0 aliphatic carbocycles. The number of likely N-dealkylation sites (N-methyl/N-ethyl adjacent to an activating group) is 1. The van der Waals surface area contributed by atoms with Gasteiger partial charge in [0.05, 0.1) is 0 Å². The molecule has 1 aliphatic rings. The molecule has 0 bridgehead atoms. The van der Waals surface area contributed by atoms with Crippen molar-refractivity contribution in [2.75, 3.05) is 39.8 Å². The van der Waals surface area contributed by atoms with Crippen molar-refractivity contribution in [3.63, 3.8) is 0 Å². The van der Waals surface area contributed by atoms with E-state index in [2.05, 4.69) is 16.8 Å². The molecule has 1 saturated heterocycles. The van der Waals surface area contributed by atoms with Crippen LogP contribution in [0, 0.1) is 11.6 Å². The molecule has 1 heterocycles. The van der Waals surface area contributed by atoms with E-state index in [0.717, 1.165) is 44.4 Å². The van der Waals surface area contributed by atoms with Crippen LogP contribution in [0.25, 0.3) is 0 Å². The Morgan fingerprint density at radius 3 is 2.26 bits per heavy atom. The van der Waals surface area contributed by atoms with Crippen molar-refractivity contribution < 1.29 is 13.6 Å². The highest BCUT2D eigenvalue weighted by atomic mass is 19.1. The summed E-state index contributed by atoms with van der Waals surface area (Å²) in [6.45, 7) is 4.49. The van der Waals surface area contributed by atoms with Crippen LogP contribution in [0.1, 0.15) is 16.8 Å². The number of hydrogen-bond donors (Lipinski definition) is 0. The second-order valence-corrected chi connectivity index (χ2v) is 4.98. The maximum Gasteiger partial charge on any atom is 0.164 e. The third-order valence-corrected chi connectivity index (χ3v) is 3.44. The molecule has 0 spiro atoms. The van der Waals surface area contributed by atoms with Gasteiger partial charge in [-0.25, -0.2) is 8.78 Å². The van der Waals surface area contributed by atoms with Crippen LogP contribution in [0.2, 0.25) is 0 Å². The minimum atomic E-state index is -0.706. The SMILES string of the molecule is CN1CCN(CCC(=O)c2cc(F)cc(F)c2)CC1. The van der Waals surface area contributed by atoms with E-state index in [9.17, 15) is 13.6 Å². The zero-order valence-electron chi connectivity index (χ0n) is 11.0. The topological polar surface area (TPSA) is 23.6 Å². The van der Waals surface area contributed by atoms with E-state index in [0.29, 0.717) is 13.0 Å². The van der Waals surface area contributed by atoms with Crippen LogP contribution >= 0.6 is 0 Å². The first-order chi connectivity index (χ1) is 9.04. The van der Waals surface area contributed by atoms with Gasteiger partial charge in [0.15, 0.2) is 5.78 Å². The molecule has 5 heteroatoms. The predicted octanol–water partition coefficient (Wildman–Crippen LogP) is 1.78. The van der Waals surface area contributed by atoms with Crippen LogP contribution in [-0.2, 0) is 0 Å². The van der Waals surface area contributed by atoms with Crippen LogP contribution < -0.4 is 0 Å². The Balaban J connectivity index is 1.87. The molecule has 2 rings (SSSR count). The van der Waals surface area contributed by atoms with Crippen molar-refractivity contribution in [3.8, 4) is 0 Å². The van der Waals surface area contributed by atoms with Crippen molar-refractivity contribution in [3.05, 3.63) is 35.4 Å². The fourth-order valence-corrected chi connectivity index (χ4v) is 2.19. The molecule has 19 heavy (non-hydrogen) atoms. The molecule has 0 radical (unpaired) electrons. The van der Waals surface area contributed by atoms with Crippen LogP contribution in [0.4, 0.5) is 8.78 Å². The highest BCUT2D eigenvalue weighted by Gasteiger charge is 2.16. The number of carbonyl (C=O) groups is 1. The van der Waals surface area contributed by atoms with Crippen LogP contribution in [0.3, 0.4) is 0 Å². The number of nitrogens with zero attached hydrogens (tertiary/aromatic N) is 2. The van der Waals surface area contributed by atoms with E-state index in [-0.39, 0.29) is 11.3 Å². The summed E-state index contributed by atoms with van der Waals surface area (Å²) in [7, 11) is 2.07. The standard InChI is InChI=1S/C14H18F2N2O/c1-17-4-6-18(7-5-17)3-2-14(19)11-8-12(15)10-13(16)9-11/h8-10H,2-7H2,1H3. The van der Waals surface area contributed by atoms with Crippen LogP contribution in [0.5, 0.6) is 0 Å². The van der Waals surface area contributed by atoms with Gasteiger partial charge in [-0.3, -0.25) is 4.79 Å². The molecule has 3 nitrogen and oxygen atoms in total. The van der Waals surface area contributed by atoms with E-state index < -0.39 is 11.6 Å². The zero-order chi connectivity index (χ0) is 13.8. The van der Waals surface area contributed by atoms with Crippen LogP contribution in [-0.4, -0.2) is 55.4 Å². The van der Waals surface area contributed by atoms with Crippen molar-refractivity contribution in [2.24, 2.45) is 0 Å². The first-order valence-corrected chi connectivity index (χ1v) is 6.45. The van der Waals surface area contributed by atoms with Gasteiger partial charge in [0.25, 0.3) is 0 Å². The van der Waals surface area contributed by atoms with Gasteiger partial charge in [-0.2, -0.15) is 0 Å². The highest BCUT2D eigenvalue weighted by molar-refractivity contribution is 5.96. The summed E-state index contributed by atoms with van der Waals surface area (Å²) in [5.41, 5.74) is 0.117. The largest absolute Gasteiger partial charge is 0.304 e. The molecule has 1 aromatic carbocycles. The first-order valence-electron chi connectivity index (χ1n) is 6.45. The molecule has 104 valence electrons. The first kappa shape index (κ1) is 14.1. The van der Waals surface area contributed by atoms with E-state index in [4.69, 9.17) is 0 Å². The number of piperazine rings is 1. The summed E-state index contributed by atoms with van der Waals surface area (Å²) in [4.78, 5) is 16.3. The van der Waals surface area contributed by atoms with Gasteiger partial charge in [0.2, 0.25) is 0 Å². The molecule has 0 unspecified atom stereocenters. The molecule has 1 aliphatic heterocycles. The van der Waals surface area contributed by atoms with E-state index in [1.165, 1.54) is 0 Å². The summed E-state index contributed by atoms with van der Waals surface area (Å²) in [6, 6.07) is 2.96. The van der Waals surface area contributed by atoms with Gasteiger partial charge in [-0.1, -0.05) is 0 Å². The second kappa shape index (κ2) is 6.21. The van der Waals surface area contributed by atoms with E-state index in [1.807, 2.05) is 0 Å². The third-order valence-electron chi connectivity index (χ3n) is 3.44. The van der Waals surface area contributed by atoms with Gasteiger partial charge in [-0.05, 0) is 19.2 Å². The normalized spacial score (nSPS) is 17.6. The van der Waals surface area contributed by atoms with Gasteiger partial charge >= 0.3 is 0 Å². The number of halogens is 2. The molecule has 0 amide bonds. The number of rotatable bonds is 4. The molecule has 1 fully saturated rings. The Morgan fingerprint density at radius 2 is 1.68 bits per heavy atom. The predicted molar refractivity (Wildman–Crippen MR) is 69.2 cm³/mol. The summed E-state index contributed by atoms with van der Waals surface area (Å²) < 4.78 is 26.0. The van der Waals surface area contributed by atoms with Gasteiger partial charge in [-0.15, -0.1) is 0 Å². The van der Waals surface area contributed by atoms with Gasteiger partial charge in [0, 0.05) is 50.8 Å². The highest BCUT2D eigenvalue weighted by Crippen LogP contribution is 2.11. The number of ketones is 1. The summed E-state index contributed by atoms with van der Waals surface area (Å²) >= 11 is 0. The number of hydrogen-bond acceptors (Lipinski definition) is 3. The van der Waals surface area contributed by atoms with Crippen molar-refractivity contribution in [1.29, 1.82) is 0 Å². The lowest BCUT2D eigenvalue weighted by Gasteiger charge is -2.32. The quantitative estimate of drug-likeness (QED) is 0.778. The zero-order valence-corrected chi connectivity index (χ0v) is 11.0. The average Bonchev–Trinajstić information content (AvgIpc) is 2.36. The smallest absolute Gasteiger partial charge is 0.164 e. The third kappa shape index (κ3) is 4.08. The fraction of sp³-hybridized carbons (Fsp3) is 0.500. The Labute approximate surface area is 111 Å². The molecule has 0 saturated carbocycles. The molecular formula is C14H18F2N2O. The number of carbonyl (C=O) groups excluding carboxylic acids is 1. The van der Waals surface area contributed by atoms with E-state index in [1.54, 1.807) is 0 Å². The minimum Gasteiger partial charge on any atom is -0.304 e.